The van der Waals surface area contributed by atoms with Gasteiger partial charge in [-0.25, -0.2) is 9.67 Å². The van der Waals surface area contributed by atoms with Crippen LogP contribution in [-0.4, -0.2) is 27.8 Å². The van der Waals surface area contributed by atoms with Crippen LogP contribution in [0, 0.1) is 0 Å². The average Bonchev–Trinajstić information content (AvgIpc) is 3.34. The van der Waals surface area contributed by atoms with Crippen LogP contribution in [0.4, 0.5) is 0 Å². The number of aromatic nitrogens is 3. The molecule has 3 rings (SSSR count). The van der Waals surface area contributed by atoms with Crippen molar-refractivity contribution in [2.45, 2.75) is 26.4 Å². The first-order chi connectivity index (χ1) is 12.3. The zero-order chi connectivity index (χ0) is 17.5. The normalized spacial score (nSPS) is 11.5. The zero-order valence-electron chi connectivity index (χ0n) is 14.4. The van der Waals surface area contributed by atoms with E-state index < -0.39 is 0 Å². The molecule has 3 heterocycles. The van der Waals surface area contributed by atoms with Gasteiger partial charge in [-0.15, -0.1) is 11.3 Å². The van der Waals surface area contributed by atoms with Gasteiger partial charge >= 0.3 is 0 Å². The number of hydrogen-bond acceptors (Lipinski definition) is 4. The molecule has 6 nitrogen and oxygen atoms in total. The van der Waals surface area contributed by atoms with E-state index in [0.29, 0.717) is 6.54 Å². The molecule has 0 bridgehead atoms. The minimum atomic E-state index is 0.668. The summed E-state index contributed by atoms with van der Waals surface area (Å²) in [4.78, 5) is 11.3. The van der Waals surface area contributed by atoms with Crippen molar-refractivity contribution >= 4 is 17.3 Å². The molecule has 3 aromatic rings. The maximum atomic E-state index is 4.34. The molecule has 2 N–H and O–H groups in total. The number of nitrogens with one attached hydrogen (secondary N) is 2. The summed E-state index contributed by atoms with van der Waals surface area (Å²) in [6.45, 7) is 3.62. The average molecular weight is 354 g/mol. The number of aryl methyl sites for hydroxylation is 1. The molecular weight excluding hydrogens is 332 g/mol. The molecular formula is C18H22N6S. The van der Waals surface area contributed by atoms with Crippen molar-refractivity contribution < 1.29 is 0 Å². The molecule has 0 aliphatic heterocycles. The van der Waals surface area contributed by atoms with Crippen LogP contribution in [0.15, 0.2) is 53.9 Å². The summed E-state index contributed by atoms with van der Waals surface area (Å²) in [7, 11) is 1.78. The first-order valence-electron chi connectivity index (χ1n) is 8.25. The number of hydrogen-bond donors (Lipinski definition) is 2. The summed E-state index contributed by atoms with van der Waals surface area (Å²) >= 11 is 1.84. The number of guanidine groups is 1. The third kappa shape index (κ3) is 4.67. The Morgan fingerprint density at radius 3 is 2.72 bits per heavy atom. The lowest BCUT2D eigenvalue weighted by molar-refractivity contribution is 0.805. The molecule has 0 saturated heterocycles. The van der Waals surface area contributed by atoms with E-state index in [9.17, 15) is 0 Å². The van der Waals surface area contributed by atoms with Crippen molar-refractivity contribution in [3.63, 3.8) is 0 Å². The van der Waals surface area contributed by atoms with Gasteiger partial charge in [0.15, 0.2) is 11.8 Å². The highest BCUT2D eigenvalue weighted by Gasteiger charge is 2.03. The molecule has 0 aliphatic carbocycles. The predicted molar refractivity (Wildman–Crippen MR) is 102 cm³/mol. The van der Waals surface area contributed by atoms with E-state index in [2.05, 4.69) is 44.8 Å². The smallest absolute Gasteiger partial charge is 0.191 e. The fourth-order valence-electron chi connectivity index (χ4n) is 2.38. The molecule has 25 heavy (non-hydrogen) atoms. The molecule has 0 atom stereocenters. The fraction of sp³-hybridized carbons (Fsp3) is 0.278. The summed E-state index contributed by atoms with van der Waals surface area (Å²) in [5.74, 6) is 1.59. The van der Waals surface area contributed by atoms with Gasteiger partial charge in [0, 0.05) is 41.9 Å². The monoisotopic (exact) mass is 354 g/mol. The number of nitrogens with zero attached hydrogens (tertiary/aromatic N) is 4. The van der Waals surface area contributed by atoms with Gasteiger partial charge in [0.1, 0.15) is 0 Å². The van der Waals surface area contributed by atoms with Crippen LogP contribution in [-0.2, 0) is 19.5 Å². The second-order valence-corrected chi connectivity index (χ2v) is 6.73. The van der Waals surface area contributed by atoms with Crippen molar-refractivity contribution in [2.75, 3.05) is 7.05 Å². The Bertz CT molecular complexity index is 822. The van der Waals surface area contributed by atoms with E-state index in [1.807, 2.05) is 35.7 Å². The van der Waals surface area contributed by atoms with Crippen molar-refractivity contribution in [1.29, 1.82) is 0 Å². The number of rotatable bonds is 6. The lowest BCUT2D eigenvalue weighted by atomic mass is 10.2. The molecule has 0 radical (unpaired) electrons. The van der Waals surface area contributed by atoms with Crippen molar-refractivity contribution in [3.8, 4) is 5.82 Å². The number of pyridine rings is 1. The minimum absolute atomic E-state index is 0.668. The van der Waals surface area contributed by atoms with Crippen molar-refractivity contribution in [3.05, 3.63) is 64.2 Å². The van der Waals surface area contributed by atoms with Gasteiger partial charge < -0.3 is 10.6 Å². The van der Waals surface area contributed by atoms with Crippen LogP contribution in [0.1, 0.15) is 22.2 Å². The van der Waals surface area contributed by atoms with Crippen LogP contribution in [0.3, 0.4) is 0 Å². The SMILES string of the molecule is CCc1ccc(CNC(=NC)NCc2ccnc(-n3cccn3)c2)s1. The van der Waals surface area contributed by atoms with Crippen LogP contribution in [0.2, 0.25) is 0 Å². The van der Waals surface area contributed by atoms with Crippen molar-refractivity contribution in [2.24, 2.45) is 4.99 Å². The second-order valence-electron chi connectivity index (χ2n) is 5.47. The highest BCUT2D eigenvalue weighted by Crippen LogP contribution is 2.16. The second kappa shape index (κ2) is 8.43. The predicted octanol–water partition coefficient (Wildman–Crippen LogP) is 2.76. The van der Waals surface area contributed by atoms with E-state index in [1.54, 1.807) is 24.1 Å². The number of aliphatic imine (C=N–C) groups is 1. The Morgan fingerprint density at radius 1 is 1.16 bits per heavy atom. The Morgan fingerprint density at radius 2 is 2.00 bits per heavy atom. The van der Waals surface area contributed by atoms with Crippen LogP contribution < -0.4 is 10.6 Å². The summed E-state index contributed by atoms with van der Waals surface area (Å²) in [6, 6.07) is 10.2. The Balaban J connectivity index is 1.55. The lowest BCUT2D eigenvalue weighted by Gasteiger charge is -2.11. The first kappa shape index (κ1) is 17.2. The molecule has 0 amide bonds. The minimum Gasteiger partial charge on any atom is -0.352 e. The van der Waals surface area contributed by atoms with E-state index >= 15 is 0 Å². The van der Waals surface area contributed by atoms with Gasteiger partial charge in [-0.05, 0) is 42.3 Å². The molecule has 3 aromatic heterocycles. The van der Waals surface area contributed by atoms with Crippen LogP contribution >= 0.6 is 11.3 Å². The highest BCUT2D eigenvalue weighted by molar-refractivity contribution is 7.11. The third-order valence-electron chi connectivity index (χ3n) is 3.73. The first-order valence-corrected chi connectivity index (χ1v) is 9.07. The van der Waals surface area contributed by atoms with Crippen molar-refractivity contribution in [1.82, 2.24) is 25.4 Å². The molecule has 0 unspecified atom stereocenters. The lowest BCUT2D eigenvalue weighted by Crippen LogP contribution is -2.36. The Labute approximate surface area is 151 Å². The highest BCUT2D eigenvalue weighted by atomic mass is 32.1. The summed E-state index contributed by atoms with van der Waals surface area (Å²) < 4.78 is 1.75. The largest absolute Gasteiger partial charge is 0.352 e. The number of thiophene rings is 1. The van der Waals surface area contributed by atoms with E-state index in [4.69, 9.17) is 0 Å². The molecule has 0 spiro atoms. The molecule has 0 aromatic carbocycles. The van der Waals surface area contributed by atoms with Crippen LogP contribution in [0.25, 0.3) is 5.82 Å². The molecule has 7 heteroatoms. The van der Waals surface area contributed by atoms with Gasteiger partial charge in [-0.3, -0.25) is 4.99 Å². The molecule has 130 valence electrons. The summed E-state index contributed by atoms with van der Waals surface area (Å²) in [5.41, 5.74) is 1.12. The van der Waals surface area contributed by atoms with E-state index in [-0.39, 0.29) is 0 Å². The molecule has 0 fully saturated rings. The maximum absolute atomic E-state index is 4.34. The van der Waals surface area contributed by atoms with Crippen LogP contribution in [0.5, 0.6) is 0 Å². The topological polar surface area (TPSA) is 67.1 Å². The van der Waals surface area contributed by atoms with E-state index in [0.717, 1.165) is 30.3 Å². The molecule has 0 saturated carbocycles. The van der Waals surface area contributed by atoms with Gasteiger partial charge in [-0.2, -0.15) is 5.10 Å². The fourth-order valence-corrected chi connectivity index (χ4v) is 3.28. The molecule has 0 aliphatic rings. The quantitative estimate of drug-likeness (QED) is 0.528. The summed E-state index contributed by atoms with van der Waals surface area (Å²) in [5, 5.41) is 10.9. The third-order valence-corrected chi connectivity index (χ3v) is 4.96. The van der Waals surface area contributed by atoms with Gasteiger partial charge in [-0.1, -0.05) is 6.92 Å². The van der Waals surface area contributed by atoms with Gasteiger partial charge in [0.2, 0.25) is 0 Å². The van der Waals surface area contributed by atoms with Gasteiger partial charge in [0.05, 0.1) is 6.54 Å². The standard InChI is InChI=1S/C18H22N6S/c1-3-15-5-6-16(25-15)13-22-18(19-2)21-12-14-7-9-20-17(11-14)24-10-4-8-23-24/h4-11H,3,12-13H2,1-2H3,(H2,19,21,22). The Hall–Kier alpha value is -2.67. The zero-order valence-corrected chi connectivity index (χ0v) is 15.3. The maximum Gasteiger partial charge on any atom is 0.191 e. The van der Waals surface area contributed by atoms with E-state index in [1.165, 1.54) is 9.75 Å². The summed E-state index contributed by atoms with van der Waals surface area (Å²) in [6.07, 6.45) is 6.50. The Kier molecular flexibility index (Phi) is 5.79. The van der Waals surface area contributed by atoms with Gasteiger partial charge in [0.25, 0.3) is 0 Å².